The predicted molar refractivity (Wildman–Crippen MR) is 76.6 cm³/mol. The summed E-state index contributed by atoms with van der Waals surface area (Å²) in [6.45, 7) is 0. The van der Waals surface area contributed by atoms with Gasteiger partial charge in [-0.05, 0) is 36.4 Å². The summed E-state index contributed by atoms with van der Waals surface area (Å²) in [5.41, 5.74) is 2.13. The van der Waals surface area contributed by atoms with Gasteiger partial charge in [0.05, 0.1) is 18.0 Å². The van der Waals surface area contributed by atoms with Crippen LogP contribution in [0.4, 0.5) is 0 Å². The molecular formula is C16H10N2O3. The van der Waals surface area contributed by atoms with Gasteiger partial charge in [-0.3, -0.25) is 0 Å². The van der Waals surface area contributed by atoms with Gasteiger partial charge in [-0.1, -0.05) is 6.07 Å². The van der Waals surface area contributed by atoms with E-state index in [1.807, 2.05) is 6.07 Å². The number of para-hydroxylation sites is 1. The van der Waals surface area contributed by atoms with Gasteiger partial charge in [-0.15, -0.1) is 0 Å². The second-order valence-electron chi connectivity index (χ2n) is 4.52. The number of aromatic nitrogens is 2. The first-order chi connectivity index (χ1) is 10.3. The van der Waals surface area contributed by atoms with Gasteiger partial charge in [-0.25, -0.2) is 9.97 Å². The summed E-state index contributed by atoms with van der Waals surface area (Å²) >= 11 is 0. The third-order valence-electron chi connectivity index (χ3n) is 3.18. The molecule has 0 fully saturated rings. The van der Waals surface area contributed by atoms with Crippen molar-refractivity contribution in [2.45, 2.75) is 0 Å². The summed E-state index contributed by atoms with van der Waals surface area (Å²) in [7, 11) is 0. The molecule has 4 aromatic rings. The standard InChI is InChI=1S/C16H10N2O3/c19-11-5-1-4-10-14(11)18-16(13-7-3-9-21-13)15(17-10)12-6-2-8-20-12/h1-9,19H. The highest BCUT2D eigenvalue weighted by molar-refractivity contribution is 5.87. The van der Waals surface area contributed by atoms with Crippen LogP contribution >= 0.6 is 0 Å². The van der Waals surface area contributed by atoms with Crippen molar-refractivity contribution in [1.29, 1.82) is 0 Å². The maximum atomic E-state index is 9.96. The first-order valence-electron chi connectivity index (χ1n) is 6.40. The molecule has 0 bridgehead atoms. The highest BCUT2D eigenvalue weighted by Crippen LogP contribution is 2.33. The second kappa shape index (κ2) is 4.49. The fraction of sp³-hybridized carbons (Fsp3) is 0. The van der Waals surface area contributed by atoms with Gasteiger partial charge in [0, 0.05) is 0 Å². The van der Waals surface area contributed by atoms with Crippen LogP contribution in [0.15, 0.2) is 63.8 Å². The normalized spacial score (nSPS) is 11.0. The van der Waals surface area contributed by atoms with Crippen molar-refractivity contribution in [2.24, 2.45) is 0 Å². The molecule has 102 valence electrons. The highest BCUT2D eigenvalue weighted by atomic mass is 16.3. The lowest BCUT2D eigenvalue weighted by Gasteiger charge is -2.07. The number of hydrogen-bond acceptors (Lipinski definition) is 5. The molecule has 0 spiro atoms. The number of benzene rings is 1. The zero-order chi connectivity index (χ0) is 14.2. The first kappa shape index (κ1) is 11.7. The Morgan fingerprint density at radius 2 is 1.43 bits per heavy atom. The number of aromatic hydroxyl groups is 1. The van der Waals surface area contributed by atoms with Gasteiger partial charge in [0.2, 0.25) is 0 Å². The minimum Gasteiger partial charge on any atom is -0.506 e. The van der Waals surface area contributed by atoms with Gasteiger partial charge in [0.15, 0.2) is 11.5 Å². The van der Waals surface area contributed by atoms with Crippen molar-refractivity contribution in [3.05, 3.63) is 55.0 Å². The number of rotatable bonds is 2. The summed E-state index contributed by atoms with van der Waals surface area (Å²) in [4.78, 5) is 9.07. The largest absolute Gasteiger partial charge is 0.506 e. The molecule has 0 aliphatic carbocycles. The van der Waals surface area contributed by atoms with E-state index in [-0.39, 0.29) is 5.75 Å². The van der Waals surface area contributed by atoms with E-state index in [9.17, 15) is 5.11 Å². The van der Waals surface area contributed by atoms with E-state index in [2.05, 4.69) is 9.97 Å². The van der Waals surface area contributed by atoms with Crippen LogP contribution in [0.5, 0.6) is 5.75 Å². The zero-order valence-electron chi connectivity index (χ0n) is 10.9. The van der Waals surface area contributed by atoms with Crippen molar-refractivity contribution < 1.29 is 13.9 Å². The van der Waals surface area contributed by atoms with E-state index >= 15 is 0 Å². The average Bonchev–Trinajstić information content (AvgIpc) is 3.20. The minimum absolute atomic E-state index is 0.0822. The summed E-state index contributed by atoms with van der Waals surface area (Å²) in [6.07, 6.45) is 3.15. The third kappa shape index (κ3) is 1.87. The van der Waals surface area contributed by atoms with Gasteiger partial charge in [0.25, 0.3) is 0 Å². The molecule has 0 aliphatic heterocycles. The van der Waals surface area contributed by atoms with Crippen molar-refractivity contribution in [1.82, 2.24) is 9.97 Å². The fourth-order valence-corrected chi connectivity index (χ4v) is 2.23. The Labute approximate surface area is 119 Å². The fourth-order valence-electron chi connectivity index (χ4n) is 2.23. The first-order valence-corrected chi connectivity index (χ1v) is 6.40. The van der Waals surface area contributed by atoms with E-state index in [0.29, 0.717) is 33.9 Å². The average molecular weight is 278 g/mol. The summed E-state index contributed by atoms with van der Waals surface area (Å²) < 4.78 is 10.9. The van der Waals surface area contributed by atoms with Crippen LogP contribution in [0, 0.1) is 0 Å². The topological polar surface area (TPSA) is 72.3 Å². The molecule has 5 heteroatoms. The maximum absolute atomic E-state index is 9.96. The molecular weight excluding hydrogens is 268 g/mol. The van der Waals surface area contributed by atoms with E-state index in [0.717, 1.165) is 0 Å². The molecule has 0 aliphatic rings. The van der Waals surface area contributed by atoms with Crippen molar-refractivity contribution in [3.63, 3.8) is 0 Å². The lowest BCUT2D eigenvalue weighted by Crippen LogP contribution is -1.94. The van der Waals surface area contributed by atoms with Crippen molar-refractivity contribution in [2.75, 3.05) is 0 Å². The Bertz CT molecular complexity index is 897. The molecule has 3 aromatic heterocycles. The smallest absolute Gasteiger partial charge is 0.154 e. The molecule has 0 atom stereocenters. The maximum Gasteiger partial charge on any atom is 0.154 e. The van der Waals surface area contributed by atoms with Crippen LogP contribution in [0.1, 0.15) is 0 Å². The Kier molecular flexibility index (Phi) is 2.50. The number of phenolic OH excluding ortho intramolecular Hbond substituents is 1. The number of hydrogen-bond donors (Lipinski definition) is 1. The molecule has 0 radical (unpaired) electrons. The SMILES string of the molecule is Oc1cccc2nc(-c3ccco3)c(-c3ccco3)nc12. The Hall–Kier alpha value is -3.08. The Morgan fingerprint density at radius 1 is 0.762 bits per heavy atom. The minimum atomic E-state index is 0.0822. The molecule has 3 heterocycles. The molecule has 1 aromatic carbocycles. The van der Waals surface area contributed by atoms with E-state index in [1.54, 1.807) is 48.9 Å². The summed E-state index contributed by atoms with van der Waals surface area (Å²) in [6, 6.07) is 12.3. The molecule has 0 saturated carbocycles. The van der Waals surface area contributed by atoms with Gasteiger partial charge >= 0.3 is 0 Å². The second-order valence-corrected chi connectivity index (χ2v) is 4.52. The summed E-state index contributed by atoms with van der Waals surface area (Å²) in [5, 5.41) is 9.96. The third-order valence-corrected chi connectivity index (χ3v) is 3.18. The van der Waals surface area contributed by atoms with Crippen molar-refractivity contribution in [3.8, 4) is 28.7 Å². The Balaban J connectivity index is 2.08. The molecule has 21 heavy (non-hydrogen) atoms. The lowest BCUT2D eigenvalue weighted by molar-refractivity contribution is 0.480. The van der Waals surface area contributed by atoms with Crippen LogP contribution in [0.2, 0.25) is 0 Å². The van der Waals surface area contributed by atoms with E-state index in [1.165, 1.54) is 0 Å². The number of fused-ring (bicyclic) bond motifs is 1. The van der Waals surface area contributed by atoms with Crippen LogP contribution in [0.3, 0.4) is 0 Å². The van der Waals surface area contributed by atoms with Crippen LogP contribution in [0.25, 0.3) is 33.9 Å². The Morgan fingerprint density at radius 3 is 2.05 bits per heavy atom. The molecule has 0 unspecified atom stereocenters. The quantitative estimate of drug-likeness (QED) is 0.602. The van der Waals surface area contributed by atoms with Crippen LogP contribution in [-0.2, 0) is 0 Å². The van der Waals surface area contributed by atoms with Gasteiger partial charge in [-0.2, -0.15) is 0 Å². The van der Waals surface area contributed by atoms with Crippen LogP contribution < -0.4 is 0 Å². The van der Waals surface area contributed by atoms with Crippen LogP contribution in [-0.4, -0.2) is 15.1 Å². The zero-order valence-corrected chi connectivity index (χ0v) is 10.9. The monoisotopic (exact) mass is 278 g/mol. The molecule has 5 nitrogen and oxygen atoms in total. The molecule has 0 saturated heterocycles. The molecule has 4 rings (SSSR count). The van der Waals surface area contributed by atoms with E-state index in [4.69, 9.17) is 8.83 Å². The van der Waals surface area contributed by atoms with Gasteiger partial charge in [0.1, 0.15) is 22.7 Å². The van der Waals surface area contributed by atoms with E-state index < -0.39 is 0 Å². The lowest BCUT2D eigenvalue weighted by atomic mass is 10.1. The van der Waals surface area contributed by atoms with Gasteiger partial charge < -0.3 is 13.9 Å². The summed E-state index contributed by atoms with van der Waals surface area (Å²) in [5.74, 6) is 1.25. The number of phenols is 1. The highest BCUT2D eigenvalue weighted by Gasteiger charge is 2.18. The van der Waals surface area contributed by atoms with Crippen molar-refractivity contribution >= 4 is 11.0 Å². The predicted octanol–water partition coefficient (Wildman–Crippen LogP) is 3.86. The molecule has 1 N–H and O–H groups in total. The number of nitrogens with zero attached hydrogens (tertiary/aromatic N) is 2. The molecule has 0 amide bonds. The number of furan rings is 2.